The van der Waals surface area contributed by atoms with Gasteiger partial charge in [0.15, 0.2) is 0 Å². The topological polar surface area (TPSA) is 86.7 Å². The normalized spacial score (nSPS) is 12.7. The molecule has 0 atom stereocenters. The molecule has 0 radical (unpaired) electrons. The molecule has 56 heavy (non-hydrogen) atoms. The number of hydrogen-bond donors (Lipinski definition) is 0. The Balaban J connectivity index is 1.73. The maximum atomic E-state index is 13.4. The summed E-state index contributed by atoms with van der Waals surface area (Å²) in [5.74, 6) is -1.22. The van der Waals surface area contributed by atoms with Gasteiger partial charge in [-0.3, -0.25) is 0 Å². The summed E-state index contributed by atoms with van der Waals surface area (Å²) in [4.78, 5) is 0. The molecular weight excluding hydrogens is 779 g/mol. The third-order valence-corrected chi connectivity index (χ3v) is 11.6. The Morgan fingerprint density at radius 1 is 0.446 bits per heavy atom. The van der Waals surface area contributed by atoms with Gasteiger partial charge in [-0.25, -0.2) is 0 Å². The van der Waals surface area contributed by atoms with Crippen molar-refractivity contribution in [3.05, 3.63) is 96.1 Å². The number of fused-ring (bicyclic) bond motifs is 2. The van der Waals surface area contributed by atoms with Gasteiger partial charge in [-0.15, -0.1) is 0 Å². The van der Waals surface area contributed by atoms with Crippen molar-refractivity contribution < 1.29 is 51.5 Å². The number of halogens is 6. The number of rotatable bonds is 18. The molecule has 0 N–H and O–H groups in total. The van der Waals surface area contributed by atoms with Crippen LogP contribution >= 0.6 is 0 Å². The summed E-state index contributed by atoms with van der Waals surface area (Å²) >= 11 is 0. The highest BCUT2D eigenvalue weighted by Gasteiger charge is 2.49. The average molecular weight is 823 g/mol. The minimum Gasteiger partial charge on any atom is -0.376 e. The number of hydrogen-bond acceptors (Lipinski definition) is 6. The zero-order valence-electron chi connectivity index (χ0n) is 31.1. The highest BCUT2D eigenvalue weighted by Crippen LogP contribution is 2.46. The molecular formula is C42H44F6O6S2. The van der Waals surface area contributed by atoms with Crippen LogP contribution in [0.25, 0.3) is 43.8 Å². The third kappa shape index (κ3) is 10.2. The van der Waals surface area contributed by atoms with Gasteiger partial charge in [-0.1, -0.05) is 114 Å². The lowest BCUT2D eigenvalue weighted by molar-refractivity contribution is -0.0504. The molecule has 0 aliphatic carbocycles. The minimum atomic E-state index is -6.04. The maximum Gasteiger partial charge on any atom is 0.534 e. The molecule has 0 saturated carbocycles. The molecule has 0 unspecified atom stereocenters. The molecule has 6 nitrogen and oxygen atoms in total. The van der Waals surface area contributed by atoms with Crippen molar-refractivity contribution in [2.45, 2.75) is 102 Å². The van der Waals surface area contributed by atoms with E-state index in [0.29, 0.717) is 33.0 Å². The number of aryl methyl sites for hydroxylation is 2. The van der Waals surface area contributed by atoms with Crippen molar-refractivity contribution in [2.24, 2.45) is 0 Å². The van der Waals surface area contributed by atoms with Crippen LogP contribution in [0.2, 0.25) is 0 Å². The van der Waals surface area contributed by atoms with Gasteiger partial charge >= 0.3 is 31.3 Å². The molecule has 0 heterocycles. The van der Waals surface area contributed by atoms with Crippen LogP contribution in [-0.4, -0.2) is 27.9 Å². The van der Waals surface area contributed by atoms with E-state index in [-0.39, 0.29) is 10.8 Å². The molecule has 0 fully saturated rings. The van der Waals surface area contributed by atoms with Gasteiger partial charge in [0.1, 0.15) is 11.5 Å². The minimum absolute atomic E-state index is 0.284. The quantitative estimate of drug-likeness (QED) is 0.0288. The summed E-state index contributed by atoms with van der Waals surface area (Å²) in [6, 6.07) is 22.1. The van der Waals surface area contributed by atoms with Crippen LogP contribution in [0.1, 0.15) is 89.2 Å². The standard InChI is InChI=1S/C42H44F6O6S2/c1-3-5-7-9-11-13-29-15-19-31(20-16-29)39-35-25-23-34(54-56(51,52)42(46,47)48)28-38(35)40(32-21-17-30(18-22-32)14-12-10-8-6-4-2)36-26-24-33(27-37(36)39)53-55(49,50)41(43,44)45/h15-28H,3-14H2,1-2H3. The number of benzene rings is 5. The number of alkyl halides is 6. The van der Waals surface area contributed by atoms with Gasteiger partial charge in [0.05, 0.1) is 0 Å². The summed E-state index contributed by atoms with van der Waals surface area (Å²) < 4.78 is 138. The second-order valence-corrected chi connectivity index (χ2v) is 16.9. The first kappa shape index (κ1) is 42.8. The van der Waals surface area contributed by atoms with Gasteiger partial charge in [0.2, 0.25) is 0 Å². The predicted octanol–water partition coefficient (Wildman–Crippen LogP) is 12.8. The first-order chi connectivity index (χ1) is 26.5. The maximum absolute atomic E-state index is 13.4. The zero-order valence-corrected chi connectivity index (χ0v) is 32.7. The summed E-state index contributed by atoms with van der Waals surface area (Å²) in [5.41, 5.74) is -7.40. The molecule has 5 rings (SSSR count). The van der Waals surface area contributed by atoms with Crippen molar-refractivity contribution in [2.75, 3.05) is 0 Å². The van der Waals surface area contributed by atoms with Crippen LogP contribution in [-0.2, 0) is 33.1 Å². The van der Waals surface area contributed by atoms with Gasteiger partial charge in [-0.2, -0.15) is 43.2 Å². The van der Waals surface area contributed by atoms with Crippen LogP contribution in [0.4, 0.5) is 26.3 Å². The molecule has 0 amide bonds. The van der Waals surface area contributed by atoms with E-state index in [0.717, 1.165) is 100 Å². The first-order valence-electron chi connectivity index (χ1n) is 18.7. The molecule has 0 aliphatic heterocycles. The molecule has 5 aromatic rings. The molecule has 14 heteroatoms. The van der Waals surface area contributed by atoms with E-state index in [2.05, 4.69) is 22.2 Å². The van der Waals surface area contributed by atoms with E-state index in [4.69, 9.17) is 0 Å². The van der Waals surface area contributed by atoms with Crippen molar-refractivity contribution >= 4 is 41.8 Å². The highest BCUT2D eigenvalue weighted by atomic mass is 32.2. The summed E-state index contributed by atoms with van der Waals surface area (Å²) in [6.07, 6.45) is 12.4. The van der Waals surface area contributed by atoms with E-state index in [9.17, 15) is 43.2 Å². The lowest BCUT2D eigenvalue weighted by Crippen LogP contribution is -2.28. The van der Waals surface area contributed by atoms with Crippen LogP contribution < -0.4 is 8.37 Å². The molecule has 0 aliphatic rings. The zero-order chi connectivity index (χ0) is 40.7. The fourth-order valence-electron chi connectivity index (χ4n) is 6.80. The second kappa shape index (κ2) is 17.9. The third-order valence-electron chi connectivity index (χ3n) is 9.66. The van der Waals surface area contributed by atoms with Crippen molar-refractivity contribution in [3.63, 3.8) is 0 Å². The Labute approximate surface area is 324 Å². The van der Waals surface area contributed by atoms with Gasteiger partial charge in [-0.05, 0) is 117 Å². The largest absolute Gasteiger partial charge is 0.534 e. The lowest BCUT2D eigenvalue weighted by Gasteiger charge is -2.20. The fraction of sp³-hybridized carbons (Fsp3) is 0.381. The number of unbranched alkanes of at least 4 members (excludes halogenated alkanes) is 8. The van der Waals surface area contributed by atoms with Crippen LogP contribution in [0.5, 0.6) is 11.5 Å². The Kier molecular flexibility index (Phi) is 13.7. The van der Waals surface area contributed by atoms with Gasteiger partial charge < -0.3 is 8.37 Å². The van der Waals surface area contributed by atoms with E-state index in [1.807, 2.05) is 48.5 Å². The molecule has 302 valence electrons. The Morgan fingerprint density at radius 2 is 0.786 bits per heavy atom. The fourth-order valence-corrected chi connectivity index (χ4v) is 7.70. The Bertz CT molecular complexity index is 2170. The van der Waals surface area contributed by atoms with Crippen molar-refractivity contribution in [1.82, 2.24) is 0 Å². The second-order valence-electron chi connectivity index (χ2n) is 13.9. The molecule has 0 spiro atoms. The van der Waals surface area contributed by atoms with Gasteiger partial charge in [0.25, 0.3) is 0 Å². The average Bonchev–Trinajstić information content (AvgIpc) is 3.13. The van der Waals surface area contributed by atoms with Crippen molar-refractivity contribution in [3.8, 4) is 33.8 Å². The Hall–Kier alpha value is -4.30. The first-order valence-corrected chi connectivity index (χ1v) is 21.5. The molecule has 0 saturated heterocycles. The lowest BCUT2D eigenvalue weighted by atomic mass is 9.85. The van der Waals surface area contributed by atoms with Crippen LogP contribution in [0.3, 0.4) is 0 Å². The summed E-state index contributed by atoms with van der Waals surface area (Å²) in [5, 5.41) is 1.33. The van der Waals surface area contributed by atoms with E-state index < -0.39 is 42.8 Å². The predicted molar refractivity (Wildman–Crippen MR) is 208 cm³/mol. The van der Waals surface area contributed by atoms with E-state index in [1.165, 1.54) is 24.3 Å². The van der Waals surface area contributed by atoms with Crippen LogP contribution in [0.15, 0.2) is 84.9 Å². The van der Waals surface area contributed by atoms with Crippen LogP contribution in [0, 0.1) is 0 Å². The molecule has 5 aromatic carbocycles. The smallest absolute Gasteiger partial charge is 0.376 e. The van der Waals surface area contributed by atoms with E-state index >= 15 is 0 Å². The molecule has 0 bridgehead atoms. The Morgan fingerprint density at radius 3 is 1.11 bits per heavy atom. The summed E-state index contributed by atoms with van der Waals surface area (Å²) in [7, 11) is -12.1. The monoisotopic (exact) mass is 822 g/mol. The van der Waals surface area contributed by atoms with Gasteiger partial charge in [0, 0.05) is 0 Å². The van der Waals surface area contributed by atoms with Crippen molar-refractivity contribution in [1.29, 1.82) is 0 Å². The van der Waals surface area contributed by atoms with E-state index in [1.54, 1.807) is 0 Å². The SMILES string of the molecule is CCCCCCCc1ccc(-c2c3ccc(OS(=O)(=O)C(F)(F)F)cc3c(-c3ccc(CCCCCCC)cc3)c3ccc(OS(=O)(=O)C(F)(F)F)cc23)cc1. The highest BCUT2D eigenvalue weighted by molar-refractivity contribution is 7.88. The summed E-state index contributed by atoms with van der Waals surface area (Å²) in [6.45, 7) is 4.27. The molecule has 0 aromatic heterocycles.